The Kier molecular flexibility index (Phi) is 3.64. The topological polar surface area (TPSA) is 65.3 Å². The fraction of sp³-hybridized carbons (Fsp3) is 0.375. The summed E-state index contributed by atoms with van der Waals surface area (Å²) in [5, 5.41) is 0. The lowest BCUT2D eigenvalue weighted by molar-refractivity contribution is 0.654. The summed E-state index contributed by atoms with van der Waals surface area (Å²) < 4.78 is 3.32. The van der Waals surface area contributed by atoms with E-state index in [2.05, 4.69) is 4.99 Å². The molecule has 0 fully saturated rings. The summed E-state index contributed by atoms with van der Waals surface area (Å²) in [5.41, 5.74) is 8.35. The highest BCUT2D eigenvalue weighted by Crippen LogP contribution is 2.18. The molecular weight excluding hydrogens is 264 g/mol. The Morgan fingerprint density at radius 3 is 2.67 bits per heavy atom. The standard InChI is InChI=1S/C16H20N4O/c1-19-15(17)14(13-10-6-3-7-11-18-13)16(21)20(19)12-8-4-2-5-9-12/h2,4-5,8-9H,3,6-7,10-11,17H2,1H3. The molecule has 1 aromatic carbocycles. The molecule has 110 valence electrons. The van der Waals surface area contributed by atoms with E-state index in [0.29, 0.717) is 11.4 Å². The first-order valence-corrected chi connectivity index (χ1v) is 7.36. The lowest BCUT2D eigenvalue weighted by Gasteiger charge is -2.07. The van der Waals surface area contributed by atoms with E-state index in [-0.39, 0.29) is 5.56 Å². The largest absolute Gasteiger partial charge is 0.383 e. The van der Waals surface area contributed by atoms with E-state index in [1.807, 2.05) is 37.4 Å². The van der Waals surface area contributed by atoms with Gasteiger partial charge in [-0.25, -0.2) is 4.68 Å². The number of benzene rings is 1. The fourth-order valence-corrected chi connectivity index (χ4v) is 2.83. The fourth-order valence-electron chi connectivity index (χ4n) is 2.83. The van der Waals surface area contributed by atoms with Gasteiger partial charge in [-0.2, -0.15) is 0 Å². The van der Waals surface area contributed by atoms with E-state index in [1.165, 1.54) is 0 Å². The molecule has 2 heterocycles. The molecule has 0 amide bonds. The van der Waals surface area contributed by atoms with Crippen LogP contribution in [0.5, 0.6) is 0 Å². The molecule has 1 aromatic heterocycles. The van der Waals surface area contributed by atoms with Crippen LogP contribution in [0.25, 0.3) is 5.69 Å². The third-order valence-corrected chi connectivity index (χ3v) is 3.97. The third kappa shape index (κ3) is 2.39. The summed E-state index contributed by atoms with van der Waals surface area (Å²) in [7, 11) is 1.81. The number of para-hydroxylation sites is 1. The average Bonchev–Trinajstić information content (AvgIpc) is 2.70. The van der Waals surface area contributed by atoms with Crippen LogP contribution in [-0.2, 0) is 7.05 Å². The Labute approximate surface area is 123 Å². The summed E-state index contributed by atoms with van der Waals surface area (Å²) in [5.74, 6) is 0.490. The maximum Gasteiger partial charge on any atom is 0.282 e. The second-order valence-corrected chi connectivity index (χ2v) is 5.38. The number of hydrogen-bond acceptors (Lipinski definition) is 3. The molecular formula is C16H20N4O. The highest BCUT2D eigenvalue weighted by Gasteiger charge is 2.21. The molecule has 0 radical (unpaired) electrons. The van der Waals surface area contributed by atoms with Crippen molar-refractivity contribution in [1.82, 2.24) is 9.36 Å². The smallest absolute Gasteiger partial charge is 0.282 e. The average molecular weight is 284 g/mol. The second-order valence-electron chi connectivity index (χ2n) is 5.38. The van der Waals surface area contributed by atoms with Gasteiger partial charge in [0.05, 0.1) is 11.4 Å². The van der Waals surface area contributed by atoms with Gasteiger partial charge >= 0.3 is 0 Å². The summed E-state index contributed by atoms with van der Waals surface area (Å²) in [6.07, 6.45) is 4.14. The number of nitrogen functional groups attached to an aromatic ring is 1. The molecule has 1 aliphatic rings. The van der Waals surface area contributed by atoms with Gasteiger partial charge in [0.1, 0.15) is 11.4 Å². The van der Waals surface area contributed by atoms with E-state index in [9.17, 15) is 4.79 Å². The van der Waals surface area contributed by atoms with Crippen LogP contribution in [-0.4, -0.2) is 21.6 Å². The Morgan fingerprint density at radius 1 is 1.14 bits per heavy atom. The monoisotopic (exact) mass is 284 g/mol. The van der Waals surface area contributed by atoms with Crippen molar-refractivity contribution in [3.05, 3.63) is 46.2 Å². The summed E-state index contributed by atoms with van der Waals surface area (Å²) >= 11 is 0. The van der Waals surface area contributed by atoms with Gasteiger partial charge in [-0.05, 0) is 31.4 Å². The molecule has 0 atom stereocenters. The molecule has 5 heteroatoms. The molecule has 2 N–H and O–H groups in total. The zero-order valence-corrected chi connectivity index (χ0v) is 12.2. The lowest BCUT2D eigenvalue weighted by Crippen LogP contribution is -2.22. The molecule has 3 rings (SSSR count). The number of nitrogens with two attached hydrogens (primary N) is 1. The Hall–Kier alpha value is -2.30. The van der Waals surface area contributed by atoms with Gasteiger partial charge in [-0.15, -0.1) is 0 Å². The molecule has 2 aromatic rings. The molecule has 0 unspecified atom stereocenters. The van der Waals surface area contributed by atoms with Crippen LogP contribution in [0.15, 0.2) is 40.1 Å². The molecule has 5 nitrogen and oxygen atoms in total. The van der Waals surface area contributed by atoms with Gasteiger partial charge in [-0.1, -0.05) is 24.6 Å². The van der Waals surface area contributed by atoms with Gasteiger partial charge in [0.25, 0.3) is 5.56 Å². The Morgan fingerprint density at radius 2 is 1.90 bits per heavy atom. The SMILES string of the molecule is Cn1c(N)c(C2=NCCCCC2)c(=O)n1-c1ccccc1. The molecule has 0 saturated carbocycles. The van der Waals surface area contributed by atoms with Crippen LogP contribution >= 0.6 is 0 Å². The predicted octanol–water partition coefficient (Wildman–Crippen LogP) is 2.12. The molecule has 0 bridgehead atoms. The van der Waals surface area contributed by atoms with Crippen LogP contribution in [0, 0.1) is 0 Å². The van der Waals surface area contributed by atoms with Crippen LogP contribution in [0.4, 0.5) is 5.82 Å². The number of rotatable bonds is 2. The molecule has 1 aliphatic heterocycles. The summed E-state index contributed by atoms with van der Waals surface area (Å²) in [6.45, 7) is 0.786. The maximum atomic E-state index is 12.8. The molecule has 21 heavy (non-hydrogen) atoms. The minimum absolute atomic E-state index is 0.0816. The van der Waals surface area contributed by atoms with Crippen molar-refractivity contribution >= 4 is 11.5 Å². The number of aliphatic imine (C=N–C) groups is 1. The normalized spacial score (nSPS) is 15.6. The lowest BCUT2D eigenvalue weighted by atomic mass is 10.1. The van der Waals surface area contributed by atoms with Crippen molar-refractivity contribution in [2.45, 2.75) is 25.7 Å². The van der Waals surface area contributed by atoms with Crippen molar-refractivity contribution in [3.8, 4) is 5.69 Å². The van der Waals surface area contributed by atoms with Crippen molar-refractivity contribution in [3.63, 3.8) is 0 Å². The van der Waals surface area contributed by atoms with E-state index in [0.717, 1.165) is 43.6 Å². The number of anilines is 1. The van der Waals surface area contributed by atoms with Crippen molar-refractivity contribution in [2.75, 3.05) is 12.3 Å². The van der Waals surface area contributed by atoms with Gasteiger partial charge in [0.15, 0.2) is 0 Å². The first kappa shape index (κ1) is 13.7. The van der Waals surface area contributed by atoms with Crippen LogP contribution < -0.4 is 11.3 Å². The minimum Gasteiger partial charge on any atom is -0.383 e. The zero-order valence-electron chi connectivity index (χ0n) is 12.2. The van der Waals surface area contributed by atoms with E-state index in [4.69, 9.17) is 5.73 Å². The first-order chi connectivity index (χ1) is 10.2. The van der Waals surface area contributed by atoms with Gasteiger partial charge in [0, 0.05) is 13.6 Å². The number of aromatic nitrogens is 2. The van der Waals surface area contributed by atoms with Crippen LogP contribution in [0.2, 0.25) is 0 Å². The van der Waals surface area contributed by atoms with Crippen LogP contribution in [0.1, 0.15) is 31.2 Å². The minimum atomic E-state index is -0.0816. The highest BCUT2D eigenvalue weighted by atomic mass is 16.1. The van der Waals surface area contributed by atoms with Gasteiger partial charge < -0.3 is 5.73 Å². The number of hydrogen-bond donors (Lipinski definition) is 1. The summed E-state index contributed by atoms with van der Waals surface area (Å²) in [6, 6.07) is 9.55. The Balaban J connectivity index is 2.16. The van der Waals surface area contributed by atoms with Gasteiger partial charge in [-0.3, -0.25) is 14.5 Å². The van der Waals surface area contributed by atoms with E-state index < -0.39 is 0 Å². The molecule has 0 saturated heterocycles. The van der Waals surface area contributed by atoms with Crippen molar-refractivity contribution < 1.29 is 0 Å². The first-order valence-electron chi connectivity index (χ1n) is 7.36. The molecule has 0 aliphatic carbocycles. The predicted molar refractivity (Wildman–Crippen MR) is 85.3 cm³/mol. The highest BCUT2D eigenvalue weighted by molar-refractivity contribution is 6.04. The quantitative estimate of drug-likeness (QED) is 0.918. The summed E-state index contributed by atoms with van der Waals surface area (Å²) in [4.78, 5) is 17.4. The van der Waals surface area contributed by atoms with Crippen LogP contribution in [0.3, 0.4) is 0 Å². The molecule has 0 spiro atoms. The van der Waals surface area contributed by atoms with Crippen molar-refractivity contribution in [2.24, 2.45) is 12.0 Å². The maximum absolute atomic E-state index is 12.8. The zero-order chi connectivity index (χ0) is 14.8. The van der Waals surface area contributed by atoms with E-state index >= 15 is 0 Å². The van der Waals surface area contributed by atoms with Gasteiger partial charge in [0.2, 0.25) is 0 Å². The van der Waals surface area contributed by atoms with E-state index in [1.54, 1.807) is 9.36 Å². The number of nitrogens with zero attached hydrogens (tertiary/aromatic N) is 3. The van der Waals surface area contributed by atoms with Crippen molar-refractivity contribution in [1.29, 1.82) is 0 Å². The third-order valence-electron chi connectivity index (χ3n) is 3.97. The second kappa shape index (κ2) is 5.60. The Bertz CT molecular complexity index is 725.